The molecule has 0 radical (unpaired) electrons. The third-order valence-corrected chi connectivity index (χ3v) is 4.86. The number of guanidine groups is 1. The van der Waals surface area contributed by atoms with E-state index in [0.717, 1.165) is 30.7 Å². The van der Waals surface area contributed by atoms with Crippen LogP contribution in [0, 0.1) is 0 Å². The van der Waals surface area contributed by atoms with Crippen molar-refractivity contribution in [2.24, 2.45) is 4.99 Å². The van der Waals surface area contributed by atoms with E-state index < -0.39 is 0 Å². The summed E-state index contributed by atoms with van der Waals surface area (Å²) in [5.41, 5.74) is 1.17. The summed E-state index contributed by atoms with van der Waals surface area (Å²) >= 11 is 7.82. The van der Waals surface area contributed by atoms with Gasteiger partial charge in [-0.3, -0.25) is 4.99 Å². The van der Waals surface area contributed by atoms with Crippen molar-refractivity contribution in [1.29, 1.82) is 0 Å². The summed E-state index contributed by atoms with van der Waals surface area (Å²) < 4.78 is 0. The molecule has 0 saturated carbocycles. The highest BCUT2D eigenvalue weighted by atomic mass is 127. The molecule has 0 spiro atoms. The van der Waals surface area contributed by atoms with Crippen molar-refractivity contribution in [1.82, 2.24) is 15.6 Å². The Morgan fingerprint density at radius 2 is 2.33 bits per heavy atom. The number of aliphatic imine (C=N–C) groups is 1. The Morgan fingerprint density at radius 1 is 1.48 bits per heavy atom. The zero-order valence-corrected chi connectivity index (χ0v) is 16.0. The zero-order chi connectivity index (χ0) is 14.2. The maximum atomic E-state index is 5.76. The lowest BCUT2D eigenvalue weighted by molar-refractivity contribution is 0.724. The second-order valence-electron chi connectivity index (χ2n) is 4.75. The number of aromatic nitrogens is 1. The van der Waals surface area contributed by atoms with Crippen LogP contribution in [0.25, 0.3) is 0 Å². The molecule has 118 valence electrons. The highest BCUT2D eigenvalue weighted by molar-refractivity contribution is 14.0. The molecule has 2 N–H and O–H groups in total. The molecule has 1 aliphatic heterocycles. The minimum Gasteiger partial charge on any atom is -0.356 e. The molecule has 21 heavy (non-hydrogen) atoms. The van der Waals surface area contributed by atoms with E-state index in [1.165, 1.54) is 24.2 Å². The minimum atomic E-state index is 0. The first-order valence-electron chi connectivity index (χ1n) is 6.94. The van der Waals surface area contributed by atoms with Gasteiger partial charge in [0.2, 0.25) is 0 Å². The van der Waals surface area contributed by atoms with Crippen LogP contribution in [0.15, 0.2) is 23.3 Å². The highest BCUT2D eigenvalue weighted by Gasteiger charge is 2.15. The molecule has 1 aromatic heterocycles. The molecule has 1 unspecified atom stereocenters. The predicted octanol–water partition coefficient (Wildman–Crippen LogP) is 2.96. The van der Waals surface area contributed by atoms with Crippen LogP contribution < -0.4 is 10.6 Å². The fourth-order valence-electron chi connectivity index (χ4n) is 2.12. The van der Waals surface area contributed by atoms with Crippen molar-refractivity contribution in [2.45, 2.75) is 24.5 Å². The maximum absolute atomic E-state index is 5.76. The van der Waals surface area contributed by atoms with Crippen molar-refractivity contribution >= 4 is 53.3 Å². The van der Waals surface area contributed by atoms with Crippen molar-refractivity contribution < 1.29 is 0 Å². The molecule has 0 amide bonds. The molecular weight excluding hydrogens is 419 g/mol. The van der Waals surface area contributed by atoms with Gasteiger partial charge < -0.3 is 10.6 Å². The van der Waals surface area contributed by atoms with Crippen molar-refractivity contribution in [2.75, 3.05) is 25.9 Å². The van der Waals surface area contributed by atoms with Crippen LogP contribution in [0.5, 0.6) is 0 Å². The van der Waals surface area contributed by atoms with Gasteiger partial charge in [0.25, 0.3) is 0 Å². The van der Waals surface area contributed by atoms with Crippen LogP contribution in [0.1, 0.15) is 18.4 Å². The average molecular weight is 441 g/mol. The van der Waals surface area contributed by atoms with Crippen LogP contribution in [-0.2, 0) is 6.42 Å². The van der Waals surface area contributed by atoms with E-state index in [4.69, 9.17) is 11.6 Å². The molecule has 2 rings (SSSR count). The quantitative estimate of drug-likeness (QED) is 0.320. The van der Waals surface area contributed by atoms with Gasteiger partial charge in [0, 0.05) is 31.6 Å². The first-order chi connectivity index (χ1) is 9.78. The smallest absolute Gasteiger partial charge is 0.191 e. The zero-order valence-electron chi connectivity index (χ0n) is 12.1. The summed E-state index contributed by atoms with van der Waals surface area (Å²) in [6.07, 6.45) is 5.37. The molecule has 1 aromatic rings. The second-order valence-corrected chi connectivity index (χ2v) is 6.55. The summed E-state index contributed by atoms with van der Waals surface area (Å²) in [6.45, 7) is 1.83. The van der Waals surface area contributed by atoms with Gasteiger partial charge in [-0.05, 0) is 36.6 Å². The van der Waals surface area contributed by atoms with E-state index in [1.807, 2.05) is 18.3 Å². The Labute approximate surface area is 152 Å². The Bertz CT molecular complexity index is 435. The molecule has 0 aliphatic carbocycles. The summed E-state index contributed by atoms with van der Waals surface area (Å²) in [7, 11) is 1.81. The lowest BCUT2D eigenvalue weighted by Gasteiger charge is -2.14. The van der Waals surface area contributed by atoms with Crippen molar-refractivity contribution in [3.05, 3.63) is 29.0 Å². The standard InChI is InChI=1S/C14H21ClN4S.HI/c1-16-14(19-10-12-3-2-8-20-12)17-7-6-11-4-5-13(15)18-9-11;/h4-5,9,12H,2-3,6-8,10H2,1H3,(H2,16,17,19);1H. The fraction of sp³-hybridized carbons (Fsp3) is 0.571. The normalized spacial score (nSPS) is 18.2. The summed E-state index contributed by atoms with van der Waals surface area (Å²) in [5.74, 6) is 2.17. The number of nitrogens with zero attached hydrogens (tertiary/aromatic N) is 2. The topological polar surface area (TPSA) is 49.3 Å². The molecule has 2 heterocycles. The van der Waals surface area contributed by atoms with Crippen LogP contribution in [0.3, 0.4) is 0 Å². The van der Waals surface area contributed by atoms with Crippen molar-refractivity contribution in [3.8, 4) is 0 Å². The SMILES string of the molecule is CN=C(NCCc1ccc(Cl)nc1)NCC1CCCS1.I. The number of halogens is 2. The number of rotatable bonds is 5. The first kappa shape index (κ1) is 18.8. The largest absolute Gasteiger partial charge is 0.356 e. The molecule has 0 bridgehead atoms. The molecule has 7 heteroatoms. The number of nitrogens with one attached hydrogen (secondary N) is 2. The van der Waals surface area contributed by atoms with Gasteiger partial charge in [0.1, 0.15) is 5.15 Å². The number of hydrogen-bond acceptors (Lipinski definition) is 3. The molecule has 1 aliphatic rings. The Hall–Kier alpha value is -0.210. The van der Waals surface area contributed by atoms with E-state index in [0.29, 0.717) is 5.15 Å². The molecule has 4 nitrogen and oxygen atoms in total. The van der Waals surface area contributed by atoms with Crippen LogP contribution in [0.2, 0.25) is 5.15 Å². The van der Waals surface area contributed by atoms with Gasteiger partial charge in [-0.25, -0.2) is 4.98 Å². The van der Waals surface area contributed by atoms with Crippen molar-refractivity contribution in [3.63, 3.8) is 0 Å². The van der Waals surface area contributed by atoms with E-state index >= 15 is 0 Å². The summed E-state index contributed by atoms with van der Waals surface area (Å²) in [4.78, 5) is 8.32. The Balaban J connectivity index is 0.00000220. The summed E-state index contributed by atoms with van der Waals surface area (Å²) in [6, 6.07) is 3.82. The lowest BCUT2D eigenvalue weighted by atomic mass is 10.2. The third kappa shape index (κ3) is 7.06. The monoisotopic (exact) mass is 440 g/mol. The van der Waals surface area contributed by atoms with Crippen LogP contribution >= 0.6 is 47.3 Å². The van der Waals surface area contributed by atoms with Gasteiger partial charge in [0.05, 0.1) is 0 Å². The van der Waals surface area contributed by atoms with E-state index in [9.17, 15) is 0 Å². The molecular formula is C14H22ClIN4S. The predicted molar refractivity (Wildman–Crippen MR) is 103 cm³/mol. The Morgan fingerprint density at radius 3 is 2.95 bits per heavy atom. The van der Waals surface area contributed by atoms with E-state index in [2.05, 4.69) is 32.4 Å². The highest BCUT2D eigenvalue weighted by Crippen LogP contribution is 2.25. The van der Waals surface area contributed by atoms with Crippen LogP contribution in [-0.4, -0.2) is 42.1 Å². The molecule has 0 aromatic carbocycles. The molecule has 1 fully saturated rings. The van der Waals surface area contributed by atoms with E-state index in [-0.39, 0.29) is 24.0 Å². The number of thioether (sulfide) groups is 1. The van der Waals surface area contributed by atoms with Gasteiger partial charge in [-0.15, -0.1) is 24.0 Å². The first-order valence-corrected chi connectivity index (χ1v) is 8.37. The minimum absolute atomic E-state index is 0. The van der Waals surface area contributed by atoms with Gasteiger partial charge in [-0.1, -0.05) is 17.7 Å². The average Bonchev–Trinajstić information content (AvgIpc) is 2.98. The third-order valence-electron chi connectivity index (χ3n) is 3.24. The summed E-state index contributed by atoms with van der Waals surface area (Å²) in [5, 5.41) is 7.98. The molecule has 1 saturated heterocycles. The van der Waals surface area contributed by atoms with Crippen LogP contribution in [0.4, 0.5) is 0 Å². The number of pyridine rings is 1. The van der Waals surface area contributed by atoms with Gasteiger partial charge in [0.15, 0.2) is 5.96 Å². The maximum Gasteiger partial charge on any atom is 0.191 e. The Kier molecular flexibility index (Phi) is 9.42. The van der Waals surface area contributed by atoms with E-state index in [1.54, 1.807) is 7.05 Å². The lowest BCUT2D eigenvalue weighted by Crippen LogP contribution is -2.40. The molecule has 1 atom stereocenters. The van der Waals surface area contributed by atoms with Gasteiger partial charge >= 0.3 is 0 Å². The van der Waals surface area contributed by atoms with Gasteiger partial charge in [-0.2, -0.15) is 11.8 Å². The number of hydrogen-bond donors (Lipinski definition) is 2. The fourth-order valence-corrected chi connectivity index (χ4v) is 3.43. The second kappa shape index (κ2) is 10.5.